The van der Waals surface area contributed by atoms with Crippen LogP contribution in [0.5, 0.6) is 0 Å². The number of benzene rings is 1. The van der Waals surface area contributed by atoms with Gasteiger partial charge in [-0.15, -0.1) is 0 Å². The highest BCUT2D eigenvalue weighted by molar-refractivity contribution is 5.89. The van der Waals surface area contributed by atoms with Crippen molar-refractivity contribution in [2.45, 2.75) is 26.1 Å². The van der Waals surface area contributed by atoms with Crippen molar-refractivity contribution in [3.8, 4) is 0 Å². The number of carbonyl (C=O) groups excluding carboxylic acids is 2. The summed E-state index contributed by atoms with van der Waals surface area (Å²) in [4.78, 5) is 28.7. The molecule has 1 aromatic heterocycles. The van der Waals surface area contributed by atoms with Crippen molar-refractivity contribution in [3.05, 3.63) is 60.1 Å². The Morgan fingerprint density at radius 1 is 1.24 bits per heavy atom. The Morgan fingerprint density at radius 2 is 2.04 bits per heavy atom. The van der Waals surface area contributed by atoms with Gasteiger partial charge in [-0.05, 0) is 24.6 Å². The van der Waals surface area contributed by atoms with Crippen LogP contribution in [-0.2, 0) is 27.4 Å². The average molecular weight is 342 g/mol. The summed E-state index contributed by atoms with van der Waals surface area (Å²) < 4.78 is 10.7. The molecule has 1 aromatic carbocycles. The smallest absolute Gasteiger partial charge is 0.249 e. The van der Waals surface area contributed by atoms with E-state index in [9.17, 15) is 9.59 Å². The minimum Gasteiger partial charge on any atom is -0.467 e. The van der Waals surface area contributed by atoms with Crippen molar-refractivity contribution in [3.63, 3.8) is 0 Å². The molecule has 0 aliphatic carbocycles. The lowest BCUT2D eigenvalue weighted by molar-refractivity contribution is -0.160. The van der Waals surface area contributed by atoms with E-state index >= 15 is 0 Å². The third-order valence-electron chi connectivity index (χ3n) is 4.30. The quantitative estimate of drug-likeness (QED) is 0.806. The minimum atomic E-state index is -0.614. The highest BCUT2D eigenvalue weighted by atomic mass is 16.5. The summed E-state index contributed by atoms with van der Waals surface area (Å²) >= 11 is 0. The molecule has 0 bridgehead atoms. The number of rotatable bonds is 6. The summed E-state index contributed by atoms with van der Waals surface area (Å²) in [6.45, 7) is 3.45. The summed E-state index contributed by atoms with van der Waals surface area (Å²) in [6, 6.07) is 12.7. The SMILES string of the molecule is CCN(Cc1ccco1)C(=O)[C@@H]1COCC(=O)N1Cc1ccccc1. The first kappa shape index (κ1) is 17.2. The molecule has 2 aromatic rings. The monoisotopic (exact) mass is 342 g/mol. The van der Waals surface area contributed by atoms with Gasteiger partial charge in [-0.1, -0.05) is 30.3 Å². The number of hydrogen-bond donors (Lipinski definition) is 0. The van der Waals surface area contributed by atoms with Crippen LogP contribution in [0, 0.1) is 0 Å². The first-order valence-electron chi connectivity index (χ1n) is 8.41. The standard InChI is InChI=1S/C19H22N2O4/c1-2-20(12-16-9-6-10-25-16)19(23)17-13-24-14-18(22)21(17)11-15-7-4-3-5-8-15/h3-10,17H,2,11-14H2,1H3/t17-/m0/s1. The topological polar surface area (TPSA) is 63.0 Å². The molecule has 0 radical (unpaired) electrons. The third-order valence-corrected chi connectivity index (χ3v) is 4.30. The molecule has 0 N–H and O–H groups in total. The summed E-state index contributed by atoms with van der Waals surface area (Å²) in [6.07, 6.45) is 1.59. The van der Waals surface area contributed by atoms with Gasteiger partial charge in [0.2, 0.25) is 11.8 Å². The molecule has 0 saturated carbocycles. The van der Waals surface area contributed by atoms with Crippen LogP contribution in [0.15, 0.2) is 53.1 Å². The molecule has 1 fully saturated rings. The fourth-order valence-corrected chi connectivity index (χ4v) is 2.93. The maximum absolute atomic E-state index is 13.0. The van der Waals surface area contributed by atoms with Gasteiger partial charge in [0.05, 0.1) is 19.4 Å². The Balaban J connectivity index is 1.76. The predicted octanol–water partition coefficient (Wildman–Crippen LogP) is 2.06. The summed E-state index contributed by atoms with van der Waals surface area (Å²) in [5.74, 6) is 0.429. The third kappa shape index (κ3) is 4.09. The Labute approximate surface area is 147 Å². The van der Waals surface area contributed by atoms with E-state index in [1.165, 1.54) is 0 Å². The van der Waals surface area contributed by atoms with Crippen LogP contribution in [0.3, 0.4) is 0 Å². The molecule has 0 unspecified atom stereocenters. The molecule has 25 heavy (non-hydrogen) atoms. The molecular weight excluding hydrogens is 320 g/mol. The summed E-state index contributed by atoms with van der Waals surface area (Å²) in [7, 11) is 0. The Bertz CT molecular complexity index is 699. The maximum Gasteiger partial charge on any atom is 0.249 e. The van der Waals surface area contributed by atoms with Crippen LogP contribution in [0.4, 0.5) is 0 Å². The van der Waals surface area contributed by atoms with Gasteiger partial charge in [0.1, 0.15) is 18.4 Å². The second-order valence-electron chi connectivity index (χ2n) is 5.97. The second-order valence-corrected chi connectivity index (χ2v) is 5.97. The Kier molecular flexibility index (Phi) is 5.50. The van der Waals surface area contributed by atoms with E-state index in [2.05, 4.69) is 0 Å². The zero-order chi connectivity index (χ0) is 17.6. The van der Waals surface area contributed by atoms with E-state index in [4.69, 9.17) is 9.15 Å². The fraction of sp³-hybridized carbons (Fsp3) is 0.368. The van der Waals surface area contributed by atoms with Gasteiger partial charge in [0.25, 0.3) is 0 Å². The number of likely N-dealkylation sites (N-methyl/N-ethyl adjacent to an activating group) is 1. The molecule has 1 aliphatic rings. The van der Waals surface area contributed by atoms with Crippen molar-refractivity contribution < 1.29 is 18.7 Å². The predicted molar refractivity (Wildman–Crippen MR) is 91.4 cm³/mol. The average Bonchev–Trinajstić information content (AvgIpc) is 3.15. The van der Waals surface area contributed by atoms with Gasteiger partial charge in [-0.3, -0.25) is 9.59 Å². The molecule has 132 valence electrons. The van der Waals surface area contributed by atoms with Crippen molar-refractivity contribution in [1.29, 1.82) is 0 Å². The van der Waals surface area contributed by atoms with Crippen molar-refractivity contribution >= 4 is 11.8 Å². The van der Waals surface area contributed by atoms with Gasteiger partial charge in [0.15, 0.2) is 0 Å². The number of furan rings is 1. The van der Waals surface area contributed by atoms with Crippen LogP contribution >= 0.6 is 0 Å². The van der Waals surface area contributed by atoms with E-state index in [1.807, 2.05) is 43.3 Å². The Hall–Kier alpha value is -2.60. The first-order chi connectivity index (χ1) is 12.2. The van der Waals surface area contributed by atoms with Crippen molar-refractivity contribution in [2.24, 2.45) is 0 Å². The summed E-state index contributed by atoms with van der Waals surface area (Å²) in [5.41, 5.74) is 0.990. The largest absolute Gasteiger partial charge is 0.467 e. The van der Waals surface area contributed by atoms with Gasteiger partial charge in [-0.25, -0.2) is 0 Å². The number of amides is 2. The van der Waals surface area contributed by atoms with E-state index in [-0.39, 0.29) is 25.0 Å². The number of hydrogen-bond acceptors (Lipinski definition) is 4. The van der Waals surface area contributed by atoms with Crippen LogP contribution < -0.4 is 0 Å². The molecule has 0 spiro atoms. The molecule has 1 saturated heterocycles. The number of ether oxygens (including phenoxy) is 1. The van der Waals surface area contributed by atoms with Gasteiger partial charge < -0.3 is 19.0 Å². The van der Waals surface area contributed by atoms with Crippen LogP contribution in [0.2, 0.25) is 0 Å². The first-order valence-corrected chi connectivity index (χ1v) is 8.41. The van der Waals surface area contributed by atoms with Crippen LogP contribution in [0.25, 0.3) is 0 Å². The fourth-order valence-electron chi connectivity index (χ4n) is 2.93. The number of nitrogens with zero attached hydrogens (tertiary/aromatic N) is 2. The van der Waals surface area contributed by atoms with Crippen molar-refractivity contribution in [2.75, 3.05) is 19.8 Å². The van der Waals surface area contributed by atoms with Crippen LogP contribution in [0.1, 0.15) is 18.2 Å². The van der Waals surface area contributed by atoms with Crippen molar-refractivity contribution in [1.82, 2.24) is 9.80 Å². The van der Waals surface area contributed by atoms with E-state index < -0.39 is 6.04 Å². The van der Waals surface area contributed by atoms with Gasteiger partial charge in [-0.2, -0.15) is 0 Å². The molecule has 1 aliphatic heterocycles. The molecular formula is C19H22N2O4. The summed E-state index contributed by atoms with van der Waals surface area (Å²) in [5, 5.41) is 0. The maximum atomic E-state index is 13.0. The normalized spacial score (nSPS) is 17.6. The molecule has 3 rings (SSSR count). The van der Waals surface area contributed by atoms with Gasteiger partial charge >= 0.3 is 0 Å². The molecule has 2 heterocycles. The second kappa shape index (κ2) is 7.98. The van der Waals surface area contributed by atoms with E-state index in [0.29, 0.717) is 25.4 Å². The lowest BCUT2D eigenvalue weighted by atomic mass is 10.1. The highest BCUT2D eigenvalue weighted by Crippen LogP contribution is 2.17. The molecule has 1 atom stereocenters. The number of carbonyl (C=O) groups is 2. The zero-order valence-corrected chi connectivity index (χ0v) is 14.3. The zero-order valence-electron chi connectivity index (χ0n) is 14.3. The lowest BCUT2D eigenvalue weighted by Crippen LogP contribution is -2.56. The molecule has 2 amide bonds. The van der Waals surface area contributed by atoms with E-state index in [0.717, 1.165) is 5.56 Å². The highest BCUT2D eigenvalue weighted by Gasteiger charge is 2.36. The molecule has 6 heteroatoms. The minimum absolute atomic E-state index is 0.0148. The van der Waals surface area contributed by atoms with Crippen LogP contribution in [-0.4, -0.2) is 47.4 Å². The number of morpholine rings is 1. The molecule has 6 nitrogen and oxygen atoms in total. The van der Waals surface area contributed by atoms with E-state index in [1.54, 1.807) is 22.1 Å². The Morgan fingerprint density at radius 3 is 2.72 bits per heavy atom. The lowest BCUT2D eigenvalue weighted by Gasteiger charge is -2.37. The van der Waals surface area contributed by atoms with Gasteiger partial charge in [0, 0.05) is 13.1 Å².